The number of nitrogens with one attached hydrogen (secondary N) is 1. The van der Waals surface area contributed by atoms with E-state index in [0.717, 1.165) is 56.1 Å². The van der Waals surface area contributed by atoms with Gasteiger partial charge in [-0.25, -0.2) is 4.68 Å². The van der Waals surface area contributed by atoms with Crippen molar-refractivity contribution in [3.63, 3.8) is 0 Å². The molecule has 0 amide bonds. The molecule has 3 aromatic heterocycles. The summed E-state index contributed by atoms with van der Waals surface area (Å²) >= 11 is 0. The minimum Gasteiger partial charge on any atom is -0.493 e. The summed E-state index contributed by atoms with van der Waals surface area (Å²) in [7, 11) is 3.18. The number of aromatic nitrogens is 6. The number of aromatic amines is 1. The normalized spacial score (nSPS) is 18.5. The van der Waals surface area contributed by atoms with Crippen LogP contribution in [0.5, 0.6) is 11.5 Å². The van der Waals surface area contributed by atoms with Gasteiger partial charge in [0.2, 0.25) is 0 Å². The topological polar surface area (TPSA) is 120 Å². The largest absolute Gasteiger partial charge is 0.493 e. The highest BCUT2D eigenvalue weighted by atomic mass is 16.5. The van der Waals surface area contributed by atoms with Crippen molar-refractivity contribution in [2.24, 2.45) is 0 Å². The van der Waals surface area contributed by atoms with E-state index in [1.165, 1.54) is 0 Å². The molecule has 1 N–H and O–H groups in total. The summed E-state index contributed by atoms with van der Waals surface area (Å²) in [6.07, 6.45) is 9.99. The van der Waals surface area contributed by atoms with Crippen molar-refractivity contribution in [1.29, 1.82) is 0 Å². The van der Waals surface area contributed by atoms with Gasteiger partial charge >= 0.3 is 0 Å². The molecule has 0 spiro atoms. The van der Waals surface area contributed by atoms with Gasteiger partial charge in [0.25, 0.3) is 5.56 Å². The minimum atomic E-state index is -0.513. The number of ether oxygens (including phenoxy) is 3. The molecule has 1 aliphatic heterocycles. The van der Waals surface area contributed by atoms with Gasteiger partial charge in [-0.2, -0.15) is 0 Å². The Morgan fingerprint density at radius 3 is 2.67 bits per heavy atom. The molecular weight excluding hydrogens is 510 g/mol. The second-order valence-electron chi connectivity index (χ2n) is 10.6. The summed E-state index contributed by atoms with van der Waals surface area (Å²) in [6.45, 7) is 1.92. The minimum absolute atomic E-state index is 0.0545. The lowest BCUT2D eigenvalue weighted by Gasteiger charge is -2.33. The number of nitrogens with zero attached hydrogens (tertiary/aromatic N) is 6. The lowest BCUT2D eigenvalue weighted by Crippen LogP contribution is -2.39. The van der Waals surface area contributed by atoms with Crippen molar-refractivity contribution in [3.05, 3.63) is 70.0 Å². The van der Waals surface area contributed by atoms with Gasteiger partial charge in [-0.3, -0.25) is 14.7 Å². The van der Waals surface area contributed by atoms with Crippen LogP contribution in [0.25, 0.3) is 10.9 Å². The van der Waals surface area contributed by atoms with Crippen molar-refractivity contribution >= 4 is 10.9 Å². The van der Waals surface area contributed by atoms with Gasteiger partial charge in [-0.1, -0.05) is 18.9 Å². The van der Waals surface area contributed by atoms with Crippen LogP contribution in [0.3, 0.4) is 0 Å². The number of benzene rings is 1. The number of tetrazole rings is 1. The molecule has 2 aliphatic rings. The molecule has 1 aliphatic carbocycles. The van der Waals surface area contributed by atoms with Crippen LogP contribution in [-0.2, 0) is 11.3 Å². The molecule has 0 radical (unpaired) electrons. The fourth-order valence-corrected chi connectivity index (χ4v) is 6.08. The summed E-state index contributed by atoms with van der Waals surface area (Å²) in [5.41, 5.74) is 2.07. The molecule has 11 nitrogen and oxygen atoms in total. The number of fused-ring (bicyclic) bond motifs is 1. The van der Waals surface area contributed by atoms with Crippen LogP contribution in [0.1, 0.15) is 67.6 Å². The van der Waals surface area contributed by atoms with E-state index in [-0.39, 0.29) is 17.7 Å². The van der Waals surface area contributed by atoms with E-state index >= 15 is 0 Å². The van der Waals surface area contributed by atoms with Gasteiger partial charge in [-0.15, -0.1) is 5.10 Å². The van der Waals surface area contributed by atoms with Gasteiger partial charge in [0.15, 0.2) is 17.3 Å². The van der Waals surface area contributed by atoms with Crippen molar-refractivity contribution in [3.8, 4) is 11.5 Å². The number of H-pyrrole nitrogens is 1. The molecule has 1 aromatic carbocycles. The molecule has 1 saturated heterocycles. The highest BCUT2D eigenvalue weighted by Crippen LogP contribution is 2.36. The Labute approximate surface area is 232 Å². The average molecular weight is 546 g/mol. The number of pyridine rings is 2. The van der Waals surface area contributed by atoms with Gasteiger partial charge in [-0.05, 0) is 59.9 Å². The van der Waals surface area contributed by atoms with Crippen LogP contribution in [0.15, 0.2) is 47.5 Å². The molecule has 0 bridgehead atoms. The van der Waals surface area contributed by atoms with E-state index < -0.39 is 6.04 Å². The third-order valence-corrected chi connectivity index (χ3v) is 8.04. The predicted molar refractivity (Wildman–Crippen MR) is 148 cm³/mol. The molecule has 6 rings (SSSR count). The molecule has 2 atom stereocenters. The molecule has 0 unspecified atom stereocenters. The zero-order valence-corrected chi connectivity index (χ0v) is 23.0. The summed E-state index contributed by atoms with van der Waals surface area (Å²) in [4.78, 5) is 23.6. The standard InChI is InChI=1S/C29H35N7O4/c1-38-25-14-20-13-23(29(37)31-24(20)15-26(25)39-2)27(28-32-33-34-36(28)21-8-3-4-9-21)35(18-22-10-6-12-40-22)17-19-7-5-11-30-16-19/h5,7,11,13-16,21-22,27H,3-4,6,8-10,12,17-18H2,1-2H3,(H,31,37)/t22-,27+/m1/s1. The smallest absolute Gasteiger partial charge is 0.253 e. The number of methoxy groups -OCH3 is 2. The van der Waals surface area contributed by atoms with Crippen molar-refractivity contribution in [2.45, 2.75) is 63.3 Å². The second-order valence-corrected chi connectivity index (χ2v) is 10.6. The molecule has 4 aromatic rings. The first-order valence-electron chi connectivity index (χ1n) is 14.0. The van der Waals surface area contributed by atoms with Crippen LogP contribution < -0.4 is 15.0 Å². The molecule has 40 heavy (non-hydrogen) atoms. The third kappa shape index (κ3) is 5.31. The molecular formula is C29H35N7O4. The number of hydrogen-bond acceptors (Lipinski definition) is 9. The molecule has 210 valence electrons. The van der Waals surface area contributed by atoms with E-state index in [1.807, 2.05) is 35.1 Å². The summed E-state index contributed by atoms with van der Waals surface area (Å²) in [5, 5.41) is 14.0. The fraction of sp³-hybridized carbons (Fsp3) is 0.483. The molecule has 11 heteroatoms. The first-order valence-corrected chi connectivity index (χ1v) is 14.0. The SMILES string of the molecule is COc1cc2cc([C@@H](c3nnnn3C3CCCC3)N(Cc3cccnc3)C[C@H]3CCCO3)c(=O)[nH]c2cc1OC. The highest BCUT2D eigenvalue weighted by Gasteiger charge is 2.35. The molecule has 4 heterocycles. The van der Waals surface area contributed by atoms with E-state index in [2.05, 4.69) is 30.4 Å². The van der Waals surface area contributed by atoms with Crippen molar-refractivity contribution in [2.75, 3.05) is 27.4 Å². The zero-order chi connectivity index (χ0) is 27.5. The average Bonchev–Trinajstić information content (AvgIpc) is 3.77. The second kappa shape index (κ2) is 11.7. The third-order valence-electron chi connectivity index (χ3n) is 8.04. The fourth-order valence-electron chi connectivity index (χ4n) is 6.08. The van der Waals surface area contributed by atoms with Crippen molar-refractivity contribution < 1.29 is 14.2 Å². The van der Waals surface area contributed by atoms with E-state index in [0.29, 0.717) is 41.5 Å². The van der Waals surface area contributed by atoms with Crippen LogP contribution in [-0.4, -0.2) is 68.6 Å². The first-order chi connectivity index (χ1) is 19.6. The monoisotopic (exact) mass is 545 g/mol. The lowest BCUT2D eigenvalue weighted by atomic mass is 10.0. The number of rotatable bonds is 10. The Kier molecular flexibility index (Phi) is 7.74. The summed E-state index contributed by atoms with van der Waals surface area (Å²) in [6, 6.07) is 9.28. The maximum atomic E-state index is 13.9. The van der Waals surface area contributed by atoms with Crippen LogP contribution >= 0.6 is 0 Å². The van der Waals surface area contributed by atoms with Crippen molar-refractivity contribution in [1.82, 2.24) is 35.1 Å². The quantitative estimate of drug-likeness (QED) is 0.317. The van der Waals surface area contributed by atoms with E-state index in [1.54, 1.807) is 26.5 Å². The number of hydrogen-bond donors (Lipinski definition) is 1. The van der Waals surface area contributed by atoms with Gasteiger partial charge < -0.3 is 19.2 Å². The Bertz CT molecular complexity index is 1490. The van der Waals surface area contributed by atoms with Gasteiger partial charge in [0, 0.05) is 49.1 Å². The molecule has 1 saturated carbocycles. The summed E-state index contributed by atoms with van der Waals surface area (Å²) in [5.74, 6) is 1.81. The molecule has 2 fully saturated rings. The zero-order valence-electron chi connectivity index (χ0n) is 23.0. The van der Waals surface area contributed by atoms with E-state index in [9.17, 15) is 4.79 Å². The maximum Gasteiger partial charge on any atom is 0.253 e. The Morgan fingerprint density at radius 2 is 1.95 bits per heavy atom. The Morgan fingerprint density at radius 1 is 1.12 bits per heavy atom. The first kappa shape index (κ1) is 26.4. The van der Waals surface area contributed by atoms with Gasteiger partial charge in [0.05, 0.1) is 31.9 Å². The summed E-state index contributed by atoms with van der Waals surface area (Å²) < 4.78 is 19.1. The lowest BCUT2D eigenvalue weighted by molar-refractivity contribution is 0.0569. The Balaban J connectivity index is 1.52. The van der Waals surface area contributed by atoms with Crippen LogP contribution in [0.2, 0.25) is 0 Å². The van der Waals surface area contributed by atoms with Crippen LogP contribution in [0, 0.1) is 0 Å². The predicted octanol–water partition coefficient (Wildman–Crippen LogP) is 3.81. The highest BCUT2D eigenvalue weighted by molar-refractivity contribution is 5.83. The maximum absolute atomic E-state index is 13.9. The van der Waals surface area contributed by atoms with Gasteiger partial charge in [0.1, 0.15) is 6.04 Å². The Hall–Kier alpha value is -3.83. The van der Waals surface area contributed by atoms with Crippen LogP contribution in [0.4, 0.5) is 0 Å². The van der Waals surface area contributed by atoms with E-state index in [4.69, 9.17) is 14.2 Å².